The first-order chi connectivity index (χ1) is 12.0. The number of rotatable bonds is 7. The van der Waals surface area contributed by atoms with Crippen LogP contribution < -0.4 is 5.32 Å². The number of hydrogen-bond acceptors (Lipinski definition) is 3. The number of carbonyl (C=O) groups is 2. The molecule has 2 aromatic carbocycles. The fourth-order valence-electron chi connectivity index (χ4n) is 2.54. The van der Waals surface area contributed by atoms with E-state index < -0.39 is 12.1 Å². The van der Waals surface area contributed by atoms with E-state index in [9.17, 15) is 9.59 Å². The highest BCUT2D eigenvalue weighted by atomic mass is 16.5. The van der Waals surface area contributed by atoms with E-state index in [2.05, 4.69) is 17.4 Å². The Bertz CT molecular complexity index is 712. The van der Waals surface area contributed by atoms with Gasteiger partial charge in [-0.25, -0.2) is 4.79 Å². The number of aryl methyl sites for hydroxylation is 2. The molecule has 4 heteroatoms. The number of esters is 1. The summed E-state index contributed by atoms with van der Waals surface area (Å²) in [7, 11) is 0. The number of amides is 1. The third-order valence-electron chi connectivity index (χ3n) is 4.12. The van der Waals surface area contributed by atoms with Gasteiger partial charge in [-0.15, -0.1) is 0 Å². The Morgan fingerprint density at radius 1 is 1.00 bits per heavy atom. The largest absolute Gasteiger partial charge is 0.449 e. The van der Waals surface area contributed by atoms with Crippen LogP contribution in [0.15, 0.2) is 54.6 Å². The van der Waals surface area contributed by atoms with Gasteiger partial charge in [0.2, 0.25) is 0 Å². The minimum Gasteiger partial charge on any atom is -0.449 e. The predicted molar refractivity (Wildman–Crippen MR) is 98.4 cm³/mol. The monoisotopic (exact) mass is 339 g/mol. The lowest BCUT2D eigenvalue weighted by molar-refractivity contribution is -0.129. The molecule has 0 spiro atoms. The molecular formula is C21H25NO3. The van der Waals surface area contributed by atoms with Gasteiger partial charge in [-0.1, -0.05) is 48.5 Å². The minimum absolute atomic E-state index is 0.00678. The second kappa shape index (κ2) is 9.02. The van der Waals surface area contributed by atoms with Crippen LogP contribution in [0.25, 0.3) is 0 Å². The summed E-state index contributed by atoms with van der Waals surface area (Å²) in [5.74, 6) is -0.750. The van der Waals surface area contributed by atoms with Crippen molar-refractivity contribution in [3.8, 4) is 0 Å². The summed E-state index contributed by atoms with van der Waals surface area (Å²) in [5, 5.41) is 2.91. The van der Waals surface area contributed by atoms with E-state index in [4.69, 9.17) is 4.74 Å². The summed E-state index contributed by atoms with van der Waals surface area (Å²) in [6, 6.07) is 17.3. The van der Waals surface area contributed by atoms with E-state index in [-0.39, 0.29) is 11.9 Å². The molecule has 2 aromatic rings. The summed E-state index contributed by atoms with van der Waals surface area (Å²) < 4.78 is 5.29. The molecule has 0 aliphatic carbocycles. The maximum Gasteiger partial charge on any atom is 0.339 e. The molecule has 1 N–H and O–H groups in total. The Labute approximate surface area is 149 Å². The van der Waals surface area contributed by atoms with Crippen LogP contribution in [0.1, 0.15) is 41.8 Å². The molecule has 0 aliphatic rings. The van der Waals surface area contributed by atoms with E-state index in [0.717, 1.165) is 18.4 Å². The molecule has 0 fully saturated rings. The molecule has 0 radical (unpaired) electrons. The van der Waals surface area contributed by atoms with E-state index >= 15 is 0 Å². The first-order valence-corrected chi connectivity index (χ1v) is 8.58. The van der Waals surface area contributed by atoms with Crippen molar-refractivity contribution in [2.24, 2.45) is 0 Å². The third kappa shape index (κ3) is 5.75. The van der Waals surface area contributed by atoms with Crippen LogP contribution in [0.2, 0.25) is 0 Å². The highest BCUT2D eigenvalue weighted by Gasteiger charge is 2.21. The predicted octanol–water partition coefficient (Wildman–Crippen LogP) is 3.68. The molecule has 0 saturated heterocycles. The Hall–Kier alpha value is -2.62. The van der Waals surface area contributed by atoms with Gasteiger partial charge < -0.3 is 10.1 Å². The van der Waals surface area contributed by atoms with Crippen LogP contribution in [0.5, 0.6) is 0 Å². The molecule has 0 heterocycles. The van der Waals surface area contributed by atoms with Crippen molar-refractivity contribution < 1.29 is 14.3 Å². The second-order valence-corrected chi connectivity index (χ2v) is 6.30. The van der Waals surface area contributed by atoms with Gasteiger partial charge in [-0.3, -0.25) is 4.79 Å². The standard InChI is InChI=1S/C21H25NO3/c1-15-9-7-8-12-19(15)21(24)25-17(3)20(23)22-16(2)13-14-18-10-5-4-6-11-18/h4-12,16-17H,13-14H2,1-3H3,(H,22,23)/t16-,17-/m1/s1. The van der Waals surface area contributed by atoms with Crippen LogP contribution in [0, 0.1) is 6.92 Å². The zero-order valence-electron chi connectivity index (χ0n) is 15.0. The van der Waals surface area contributed by atoms with Gasteiger partial charge in [0, 0.05) is 6.04 Å². The van der Waals surface area contributed by atoms with Crippen molar-refractivity contribution in [3.05, 3.63) is 71.3 Å². The SMILES string of the molecule is Cc1ccccc1C(=O)O[C@H](C)C(=O)N[C@H](C)CCc1ccccc1. The van der Waals surface area contributed by atoms with Gasteiger partial charge in [0.1, 0.15) is 0 Å². The van der Waals surface area contributed by atoms with Gasteiger partial charge in [0.05, 0.1) is 5.56 Å². The lowest BCUT2D eigenvalue weighted by atomic mass is 10.1. The summed E-state index contributed by atoms with van der Waals surface area (Å²) in [5.41, 5.74) is 2.55. The lowest BCUT2D eigenvalue weighted by Gasteiger charge is -2.18. The molecule has 1 amide bonds. The second-order valence-electron chi connectivity index (χ2n) is 6.30. The fraction of sp³-hybridized carbons (Fsp3) is 0.333. The topological polar surface area (TPSA) is 55.4 Å². The summed E-state index contributed by atoms with van der Waals surface area (Å²) in [6.07, 6.45) is 0.889. The first kappa shape index (κ1) is 18.7. The summed E-state index contributed by atoms with van der Waals surface area (Å²) >= 11 is 0. The number of benzene rings is 2. The van der Waals surface area contributed by atoms with Crippen molar-refractivity contribution in [1.29, 1.82) is 0 Å². The Morgan fingerprint density at radius 3 is 2.32 bits per heavy atom. The molecule has 0 aliphatic heterocycles. The van der Waals surface area contributed by atoms with Crippen molar-refractivity contribution in [3.63, 3.8) is 0 Å². The summed E-state index contributed by atoms with van der Waals surface area (Å²) in [4.78, 5) is 24.4. The first-order valence-electron chi connectivity index (χ1n) is 8.58. The van der Waals surface area contributed by atoms with Crippen LogP contribution in [-0.4, -0.2) is 24.0 Å². The molecule has 2 rings (SSSR count). The quantitative estimate of drug-likeness (QED) is 0.783. The number of nitrogens with one attached hydrogen (secondary N) is 1. The number of ether oxygens (including phenoxy) is 1. The molecular weight excluding hydrogens is 314 g/mol. The molecule has 132 valence electrons. The molecule has 25 heavy (non-hydrogen) atoms. The van der Waals surface area contributed by atoms with Crippen LogP contribution >= 0.6 is 0 Å². The average Bonchev–Trinajstić information content (AvgIpc) is 2.61. The fourth-order valence-corrected chi connectivity index (χ4v) is 2.54. The molecule has 4 nitrogen and oxygen atoms in total. The molecule has 2 atom stereocenters. The average molecular weight is 339 g/mol. The minimum atomic E-state index is -0.828. The Morgan fingerprint density at radius 2 is 1.64 bits per heavy atom. The van der Waals surface area contributed by atoms with Crippen molar-refractivity contribution in [1.82, 2.24) is 5.32 Å². The van der Waals surface area contributed by atoms with Crippen molar-refractivity contribution >= 4 is 11.9 Å². The van der Waals surface area contributed by atoms with E-state index in [1.165, 1.54) is 5.56 Å². The Kier molecular flexibility index (Phi) is 6.75. The highest BCUT2D eigenvalue weighted by molar-refractivity contribution is 5.93. The van der Waals surface area contributed by atoms with Crippen molar-refractivity contribution in [2.45, 2.75) is 45.8 Å². The van der Waals surface area contributed by atoms with Gasteiger partial charge in [-0.05, 0) is 50.8 Å². The molecule has 0 aromatic heterocycles. The van der Waals surface area contributed by atoms with Gasteiger partial charge in [0.15, 0.2) is 6.10 Å². The van der Waals surface area contributed by atoms with Gasteiger partial charge >= 0.3 is 5.97 Å². The van der Waals surface area contributed by atoms with Crippen molar-refractivity contribution in [2.75, 3.05) is 0 Å². The zero-order chi connectivity index (χ0) is 18.2. The lowest BCUT2D eigenvalue weighted by Crippen LogP contribution is -2.41. The van der Waals surface area contributed by atoms with E-state index in [1.54, 1.807) is 19.1 Å². The molecule has 0 saturated carbocycles. The maximum atomic E-state index is 12.2. The van der Waals surface area contributed by atoms with Gasteiger partial charge in [-0.2, -0.15) is 0 Å². The van der Waals surface area contributed by atoms with Crippen LogP contribution in [0.4, 0.5) is 0 Å². The molecule has 0 bridgehead atoms. The van der Waals surface area contributed by atoms with Gasteiger partial charge in [0.25, 0.3) is 5.91 Å². The van der Waals surface area contributed by atoms with Crippen LogP contribution in [-0.2, 0) is 16.0 Å². The maximum absolute atomic E-state index is 12.2. The van der Waals surface area contributed by atoms with E-state index in [0.29, 0.717) is 5.56 Å². The number of hydrogen-bond donors (Lipinski definition) is 1. The smallest absolute Gasteiger partial charge is 0.339 e. The zero-order valence-corrected chi connectivity index (χ0v) is 15.0. The van der Waals surface area contributed by atoms with Crippen LogP contribution in [0.3, 0.4) is 0 Å². The summed E-state index contributed by atoms with van der Waals surface area (Å²) in [6.45, 7) is 5.39. The van der Waals surface area contributed by atoms with E-state index in [1.807, 2.05) is 44.2 Å². The highest BCUT2D eigenvalue weighted by Crippen LogP contribution is 2.10. The Balaban J connectivity index is 1.81. The number of carbonyl (C=O) groups excluding carboxylic acids is 2. The molecule has 0 unspecified atom stereocenters. The normalized spacial score (nSPS) is 12.9. The third-order valence-corrected chi connectivity index (χ3v) is 4.12.